The topological polar surface area (TPSA) is 65.8 Å². The molecule has 0 spiro atoms. The van der Waals surface area contributed by atoms with Crippen molar-refractivity contribution < 1.29 is 19.0 Å². The third kappa shape index (κ3) is 5.16. The minimum absolute atomic E-state index is 0.137. The molecule has 192 valence electrons. The molecule has 0 aliphatic carbocycles. The number of methoxy groups -OCH3 is 3. The molecule has 1 aromatic heterocycles. The normalized spacial score (nSPS) is 14.3. The van der Waals surface area contributed by atoms with Crippen LogP contribution in [0.15, 0.2) is 83.9 Å². The second-order valence-corrected chi connectivity index (χ2v) is 10.1. The summed E-state index contributed by atoms with van der Waals surface area (Å²) in [6.45, 7) is 0.387. The fraction of sp³-hybridized carbons (Fsp3) is 0.138. The molecule has 1 aliphatic heterocycles. The van der Waals surface area contributed by atoms with Crippen molar-refractivity contribution in [3.05, 3.63) is 95.0 Å². The minimum atomic E-state index is -0.137. The van der Waals surface area contributed by atoms with Crippen molar-refractivity contribution in [1.29, 1.82) is 0 Å². The Hall–Kier alpha value is -4.08. The number of ether oxygens (including phenoxy) is 3. The highest BCUT2D eigenvalue weighted by atomic mass is 32.2. The van der Waals surface area contributed by atoms with Crippen molar-refractivity contribution in [2.75, 3.05) is 21.3 Å². The lowest BCUT2D eigenvalue weighted by molar-refractivity contribution is -0.122. The molecule has 1 amide bonds. The van der Waals surface area contributed by atoms with Crippen LogP contribution in [0.25, 0.3) is 23.0 Å². The highest BCUT2D eigenvalue weighted by molar-refractivity contribution is 8.26. The number of para-hydroxylation sites is 1. The van der Waals surface area contributed by atoms with Crippen LogP contribution >= 0.6 is 24.0 Å². The van der Waals surface area contributed by atoms with E-state index in [2.05, 4.69) is 0 Å². The molecule has 0 radical (unpaired) electrons. The monoisotopic (exact) mass is 543 g/mol. The summed E-state index contributed by atoms with van der Waals surface area (Å²) in [5, 5.41) is 4.87. The van der Waals surface area contributed by atoms with E-state index in [-0.39, 0.29) is 5.91 Å². The Bertz CT molecular complexity index is 1510. The third-order valence-electron chi connectivity index (χ3n) is 6.08. The van der Waals surface area contributed by atoms with Crippen molar-refractivity contribution >= 4 is 40.3 Å². The van der Waals surface area contributed by atoms with Crippen LogP contribution in [0.1, 0.15) is 11.1 Å². The molecular formula is C29H25N3O4S2. The number of thiocarbonyl (C=S) groups is 1. The van der Waals surface area contributed by atoms with Crippen molar-refractivity contribution in [2.24, 2.45) is 0 Å². The van der Waals surface area contributed by atoms with Crippen LogP contribution in [-0.4, -0.2) is 46.2 Å². The zero-order valence-corrected chi connectivity index (χ0v) is 22.7. The Labute approximate surface area is 230 Å². The molecule has 38 heavy (non-hydrogen) atoms. The molecular weight excluding hydrogens is 518 g/mol. The number of hydrogen-bond acceptors (Lipinski definition) is 7. The van der Waals surface area contributed by atoms with Crippen LogP contribution < -0.4 is 14.2 Å². The third-order valence-corrected chi connectivity index (χ3v) is 7.46. The van der Waals surface area contributed by atoms with E-state index in [0.29, 0.717) is 33.0 Å². The number of carbonyl (C=O) groups excluding carboxylic acids is 1. The predicted octanol–water partition coefficient (Wildman–Crippen LogP) is 5.97. The summed E-state index contributed by atoms with van der Waals surface area (Å²) in [6.07, 6.45) is 3.77. The molecule has 2 heterocycles. The van der Waals surface area contributed by atoms with Gasteiger partial charge in [-0.25, -0.2) is 4.68 Å². The number of carbonyl (C=O) groups is 1. The molecule has 3 aromatic carbocycles. The number of benzene rings is 3. The maximum absolute atomic E-state index is 13.4. The molecule has 1 saturated heterocycles. The molecule has 1 fully saturated rings. The molecule has 4 aromatic rings. The Morgan fingerprint density at radius 2 is 1.66 bits per heavy atom. The van der Waals surface area contributed by atoms with Crippen LogP contribution in [-0.2, 0) is 11.3 Å². The number of rotatable bonds is 8. The molecule has 9 heteroatoms. The Morgan fingerprint density at radius 1 is 0.921 bits per heavy atom. The van der Waals surface area contributed by atoms with E-state index in [0.717, 1.165) is 28.1 Å². The van der Waals surface area contributed by atoms with E-state index in [4.69, 9.17) is 31.5 Å². The molecule has 7 nitrogen and oxygen atoms in total. The lowest BCUT2D eigenvalue weighted by Crippen LogP contribution is -2.27. The van der Waals surface area contributed by atoms with E-state index in [1.807, 2.05) is 85.1 Å². The molecule has 0 atom stereocenters. The van der Waals surface area contributed by atoms with Gasteiger partial charge in [-0.2, -0.15) is 5.10 Å². The highest BCUT2D eigenvalue weighted by Gasteiger charge is 2.32. The van der Waals surface area contributed by atoms with Gasteiger partial charge in [0.05, 0.1) is 38.5 Å². The van der Waals surface area contributed by atoms with Crippen molar-refractivity contribution in [1.82, 2.24) is 14.7 Å². The summed E-state index contributed by atoms with van der Waals surface area (Å²) in [5.41, 5.74) is 4.19. The van der Waals surface area contributed by atoms with Gasteiger partial charge < -0.3 is 14.2 Å². The SMILES string of the molecule is COc1ccc(CN2C(=O)/C(=C/c3cn(-c4ccccc4)nc3-c3ccc(OC)c(OC)c3)SC2=S)cc1. The van der Waals surface area contributed by atoms with Crippen LogP contribution in [0.2, 0.25) is 0 Å². The first kappa shape index (κ1) is 25.6. The minimum Gasteiger partial charge on any atom is -0.497 e. The maximum Gasteiger partial charge on any atom is 0.266 e. The van der Waals surface area contributed by atoms with E-state index < -0.39 is 0 Å². The van der Waals surface area contributed by atoms with Gasteiger partial charge >= 0.3 is 0 Å². The summed E-state index contributed by atoms with van der Waals surface area (Å²) in [5.74, 6) is 1.84. The number of aromatic nitrogens is 2. The fourth-order valence-corrected chi connectivity index (χ4v) is 5.35. The zero-order chi connectivity index (χ0) is 26.6. The average Bonchev–Trinajstić information content (AvgIpc) is 3.50. The van der Waals surface area contributed by atoms with Crippen LogP contribution in [0.5, 0.6) is 17.2 Å². The van der Waals surface area contributed by atoms with Gasteiger partial charge in [0.25, 0.3) is 5.91 Å². The first-order valence-corrected chi connectivity index (χ1v) is 13.0. The second kappa shape index (κ2) is 11.1. The zero-order valence-electron chi connectivity index (χ0n) is 21.1. The largest absolute Gasteiger partial charge is 0.497 e. The predicted molar refractivity (Wildman–Crippen MR) is 154 cm³/mol. The van der Waals surface area contributed by atoms with Gasteiger partial charge in [-0.3, -0.25) is 9.69 Å². The summed E-state index contributed by atoms with van der Waals surface area (Å²) in [4.78, 5) is 15.6. The lowest BCUT2D eigenvalue weighted by Gasteiger charge is -2.14. The number of thioether (sulfide) groups is 1. The van der Waals surface area contributed by atoms with E-state index >= 15 is 0 Å². The number of amides is 1. The van der Waals surface area contributed by atoms with Gasteiger partial charge in [0, 0.05) is 17.3 Å². The summed E-state index contributed by atoms with van der Waals surface area (Å²) in [6, 6.07) is 23.1. The molecule has 5 rings (SSSR count). The molecule has 0 saturated carbocycles. The second-order valence-electron chi connectivity index (χ2n) is 8.40. The summed E-state index contributed by atoms with van der Waals surface area (Å²) >= 11 is 6.87. The van der Waals surface area contributed by atoms with Crippen LogP contribution in [0, 0.1) is 0 Å². The summed E-state index contributed by atoms with van der Waals surface area (Å²) < 4.78 is 18.5. The lowest BCUT2D eigenvalue weighted by atomic mass is 10.1. The van der Waals surface area contributed by atoms with Crippen LogP contribution in [0.4, 0.5) is 0 Å². The van der Waals surface area contributed by atoms with Crippen LogP contribution in [0.3, 0.4) is 0 Å². The van der Waals surface area contributed by atoms with E-state index in [9.17, 15) is 4.79 Å². The Morgan fingerprint density at radius 3 is 2.34 bits per heavy atom. The molecule has 1 aliphatic rings. The van der Waals surface area contributed by atoms with Gasteiger partial charge in [0.15, 0.2) is 11.5 Å². The molecule has 0 bridgehead atoms. The molecule has 0 unspecified atom stereocenters. The Kier molecular flexibility index (Phi) is 7.48. The number of nitrogens with zero attached hydrogens (tertiary/aromatic N) is 3. The average molecular weight is 544 g/mol. The van der Waals surface area contributed by atoms with Crippen molar-refractivity contribution in [3.63, 3.8) is 0 Å². The first-order chi connectivity index (χ1) is 18.5. The number of hydrogen-bond donors (Lipinski definition) is 0. The van der Waals surface area contributed by atoms with Gasteiger partial charge in [0.1, 0.15) is 15.8 Å². The summed E-state index contributed by atoms with van der Waals surface area (Å²) in [7, 11) is 4.82. The standard InChI is InChI=1S/C29H25N3O4S2/c1-34-23-12-9-19(10-13-23)17-31-28(33)26(38-29(31)37)16-21-18-32(22-7-5-4-6-8-22)30-27(21)20-11-14-24(35-2)25(15-20)36-3/h4-16,18H,17H2,1-3H3/b26-16-. The van der Waals surface area contributed by atoms with E-state index in [1.54, 1.807) is 30.9 Å². The van der Waals surface area contributed by atoms with Crippen molar-refractivity contribution in [2.45, 2.75) is 6.54 Å². The van der Waals surface area contributed by atoms with Gasteiger partial charge in [-0.1, -0.05) is 54.3 Å². The first-order valence-electron chi connectivity index (χ1n) is 11.8. The Balaban J connectivity index is 1.52. The fourth-order valence-electron chi connectivity index (χ4n) is 4.10. The van der Waals surface area contributed by atoms with Gasteiger partial charge in [-0.15, -0.1) is 0 Å². The highest BCUT2D eigenvalue weighted by Crippen LogP contribution is 2.37. The van der Waals surface area contributed by atoms with Crippen molar-refractivity contribution in [3.8, 4) is 34.2 Å². The molecule has 0 N–H and O–H groups in total. The van der Waals surface area contributed by atoms with Gasteiger partial charge in [-0.05, 0) is 54.1 Å². The van der Waals surface area contributed by atoms with Gasteiger partial charge in [0.2, 0.25) is 0 Å². The maximum atomic E-state index is 13.4. The smallest absolute Gasteiger partial charge is 0.266 e. The quantitative estimate of drug-likeness (QED) is 0.200. The van der Waals surface area contributed by atoms with E-state index in [1.165, 1.54) is 11.8 Å².